The maximum absolute atomic E-state index is 11.1. The number of hydrogen-bond donors (Lipinski definition) is 0. The second kappa shape index (κ2) is 4.08. The number of amides is 1. The Morgan fingerprint density at radius 3 is 2.46 bits per heavy atom. The largest absolute Gasteiger partial charge is 0.338 e. The predicted octanol–water partition coefficient (Wildman–Crippen LogP) is 1.91. The van der Waals surface area contributed by atoms with E-state index in [1.54, 1.807) is 6.92 Å². The minimum atomic E-state index is 0.127. The first-order valence-corrected chi connectivity index (χ1v) is 4.41. The summed E-state index contributed by atoms with van der Waals surface area (Å²) in [4.78, 5) is 12.9. The van der Waals surface area contributed by atoms with Crippen LogP contribution in [0.1, 0.15) is 13.3 Å². The highest BCUT2D eigenvalue weighted by Gasteiger charge is 2.16. The van der Waals surface area contributed by atoms with Gasteiger partial charge in [-0.2, -0.15) is 0 Å². The van der Waals surface area contributed by atoms with Crippen LogP contribution >= 0.6 is 0 Å². The van der Waals surface area contributed by atoms with Crippen LogP contribution in [-0.4, -0.2) is 23.9 Å². The molecule has 0 aromatic heterocycles. The van der Waals surface area contributed by atoms with Crippen LogP contribution in [0.5, 0.6) is 0 Å². The van der Waals surface area contributed by atoms with Crippen molar-refractivity contribution in [2.24, 2.45) is 0 Å². The highest BCUT2D eigenvalue weighted by atomic mass is 16.2. The molecule has 0 unspecified atom stereocenters. The SMILES string of the molecule is C=CC1=C(C=C)CN(C(C)=O)CC1. The van der Waals surface area contributed by atoms with Gasteiger partial charge >= 0.3 is 0 Å². The summed E-state index contributed by atoms with van der Waals surface area (Å²) in [6.07, 6.45) is 4.56. The van der Waals surface area contributed by atoms with Gasteiger partial charge in [0.05, 0.1) is 0 Å². The van der Waals surface area contributed by atoms with E-state index in [-0.39, 0.29) is 5.91 Å². The lowest BCUT2D eigenvalue weighted by Crippen LogP contribution is -2.34. The number of rotatable bonds is 2. The molecule has 0 aromatic carbocycles. The second-order valence-electron chi connectivity index (χ2n) is 3.15. The number of carbonyl (C=O) groups is 1. The Hall–Kier alpha value is -1.31. The molecule has 0 saturated heterocycles. The summed E-state index contributed by atoms with van der Waals surface area (Å²) in [5, 5.41) is 0. The third-order valence-corrected chi connectivity index (χ3v) is 2.36. The van der Waals surface area contributed by atoms with Crippen LogP contribution in [0.15, 0.2) is 36.5 Å². The first kappa shape index (κ1) is 9.78. The quantitative estimate of drug-likeness (QED) is 0.631. The van der Waals surface area contributed by atoms with Crippen LogP contribution in [0.25, 0.3) is 0 Å². The average Bonchev–Trinajstić information content (AvgIpc) is 2.16. The molecule has 1 heterocycles. The van der Waals surface area contributed by atoms with Crippen molar-refractivity contribution in [3.8, 4) is 0 Å². The zero-order chi connectivity index (χ0) is 9.84. The molecule has 0 fully saturated rings. The van der Waals surface area contributed by atoms with Gasteiger partial charge in [0, 0.05) is 20.0 Å². The molecule has 0 aromatic rings. The minimum Gasteiger partial charge on any atom is -0.338 e. The van der Waals surface area contributed by atoms with Gasteiger partial charge in [0.1, 0.15) is 0 Å². The first-order chi connectivity index (χ1) is 6.19. The Labute approximate surface area is 79.2 Å². The fourth-order valence-corrected chi connectivity index (χ4v) is 1.50. The molecule has 0 bridgehead atoms. The van der Waals surface area contributed by atoms with Crippen LogP contribution in [-0.2, 0) is 4.79 Å². The number of nitrogens with zero attached hydrogens (tertiary/aromatic N) is 1. The van der Waals surface area contributed by atoms with Crippen molar-refractivity contribution in [2.75, 3.05) is 13.1 Å². The molecule has 0 radical (unpaired) electrons. The lowest BCUT2D eigenvalue weighted by molar-refractivity contribution is -0.128. The monoisotopic (exact) mass is 177 g/mol. The van der Waals surface area contributed by atoms with Crippen molar-refractivity contribution in [1.29, 1.82) is 0 Å². The van der Waals surface area contributed by atoms with E-state index in [9.17, 15) is 4.79 Å². The average molecular weight is 177 g/mol. The topological polar surface area (TPSA) is 20.3 Å². The summed E-state index contributed by atoms with van der Waals surface area (Å²) < 4.78 is 0. The van der Waals surface area contributed by atoms with Gasteiger partial charge < -0.3 is 4.90 Å². The Bertz CT molecular complexity index is 276. The standard InChI is InChI=1S/C11H15NO/c1-4-10-6-7-12(9(3)13)8-11(10)5-2/h4-5H,1-2,6-8H2,3H3. The van der Waals surface area contributed by atoms with Crippen molar-refractivity contribution in [3.63, 3.8) is 0 Å². The summed E-state index contributed by atoms with van der Waals surface area (Å²) in [7, 11) is 0. The molecule has 0 aliphatic carbocycles. The lowest BCUT2D eigenvalue weighted by Gasteiger charge is -2.27. The predicted molar refractivity (Wildman–Crippen MR) is 54.3 cm³/mol. The third kappa shape index (κ3) is 2.08. The summed E-state index contributed by atoms with van der Waals surface area (Å²) >= 11 is 0. The van der Waals surface area contributed by atoms with Gasteiger partial charge in [0.2, 0.25) is 5.91 Å². The molecule has 0 saturated carbocycles. The van der Waals surface area contributed by atoms with E-state index in [0.29, 0.717) is 6.54 Å². The van der Waals surface area contributed by atoms with Crippen LogP contribution < -0.4 is 0 Å². The van der Waals surface area contributed by atoms with Crippen LogP contribution in [0, 0.1) is 0 Å². The summed E-state index contributed by atoms with van der Waals surface area (Å²) in [5.41, 5.74) is 2.34. The Morgan fingerprint density at radius 2 is 2.00 bits per heavy atom. The van der Waals surface area contributed by atoms with Crippen molar-refractivity contribution < 1.29 is 4.79 Å². The highest BCUT2D eigenvalue weighted by Crippen LogP contribution is 2.19. The number of allylic oxidation sites excluding steroid dienone is 1. The normalized spacial score (nSPS) is 17.2. The van der Waals surface area contributed by atoms with Gasteiger partial charge in [0.25, 0.3) is 0 Å². The van der Waals surface area contributed by atoms with Crippen molar-refractivity contribution in [3.05, 3.63) is 36.5 Å². The Balaban J connectivity index is 2.83. The van der Waals surface area contributed by atoms with Crippen LogP contribution in [0.4, 0.5) is 0 Å². The fourth-order valence-electron chi connectivity index (χ4n) is 1.50. The highest BCUT2D eigenvalue weighted by molar-refractivity contribution is 5.74. The summed E-state index contributed by atoms with van der Waals surface area (Å²) in [6, 6.07) is 0. The van der Waals surface area contributed by atoms with Crippen molar-refractivity contribution in [2.45, 2.75) is 13.3 Å². The van der Waals surface area contributed by atoms with Crippen molar-refractivity contribution >= 4 is 5.91 Å². The molecule has 1 aliphatic rings. The zero-order valence-electron chi connectivity index (χ0n) is 8.05. The molecule has 1 amide bonds. The Morgan fingerprint density at radius 1 is 1.38 bits per heavy atom. The van der Waals surface area contributed by atoms with Gasteiger partial charge in [-0.1, -0.05) is 25.3 Å². The Kier molecular flexibility index (Phi) is 3.07. The molecule has 1 rings (SSSR count). The van der Waals surface area contributed by atoms with Gasteiger partial charge in [-0.3, -0.25) is 4.79 Å². The molecule has 0 N–H and O–H groups in total. The van der Waals surface area contributed by atoms with E-state index >= 15 is 0 Å². The van der Waals surface area contributed by atoms with Gasteiger partial charge in [-0.15, -0.1) is 0 Å². The maximum atomic E-state index is 11.1. The van der Waals surface area contributed by atoms with E-state index in [1.165, 1.54) is 5.57 Å². The fraction of sp³-hybridized carbons (Fsp3) is 0.364. The molecule has 13 heavy (non-hydrogen) atoms. The molecule has 2 heteroatoms. The molecule has 70 valence electrons. The maximum Gasteiger partial charge on any atom is 0.219 e. The van der Waals surface area contributed by atoms with E-state index < -0.39 is 0 Å². The van der Waals surface area contributed by atoms with E-state index in [0.717, 1.165) is 18.5 Å². The van der Waals surface area contributed by atoms with Crippen LogP contribution in [0.2, 0.25) is 0 Å². The van der Waals surface area contributed by atoms with Crippen LogP contribution in [0.3, 0.4) is 0 Å². The first-order valence-electron chi connectivity index (χ1n) is 4.41. The summed E-state index contributed by atoms with van der Waals surface area (Å²) in [5.74, 6) is 0.127. The molecule has 0 atom stereocenters. The minimum absolute atomic E-state index is 0.127. The van der Waals surface area contributed by atoms with E-state index in [4.69, 9.17) is 0 Å². The van der Waals surface area contributed by atoms with E-state index in [1.807, 2.05) is 17.1 Å². The van der Waals surface area contributed by atoms with Gasteiger partial charge in [-0.25, -0.2) is 0 Å². The molecule has 2 nitrogen and oxygen atoms in total. The lowest BCUT2D eigenvalue weighted by atomic mass is 10.0. The van der Waals surface area contributed by atoms with Gasteiger partial charge in [0.15, 0.2) is 0 Å². The molecular formula is C11H15NO. The smallest absolute Gasteiger partial charge is 0.219 e. The van der Waals surface area contributed by atoms with E-state index in [2.05, 4.69) is 13.2 Å². The van der Waals surface area contributed by atoms with Crippen molar-refractivity contribution in [1.82, 2.24) is 4.90 Å². The summed E-state index contributed by atoms with van der Waals surface area (Å²) in [6.45, 7) is 10.6. The number of carbonyl (C=O) groups excluding carboxylic acids is 1. The molecular weight excluding hydrogens is 162 g/mol. The van der Waals surface area contributed by atoms with Gasteiger partial charge in [-0.05, 0) is 17.6 Å². The molecule has 1 aliphatic heterocycles. The second-order valence-corrected chi connectivity index (χ2v) is 3.15. The number of hydrogen-bond acceptors (Lipinski definition) is 1. The zero-order valence-corrected chi connectivity index (χ0v) is 8.05. The molecule has 0 spiro atoms. The third-order valence-electron chi connectivity index (χ3n) is 2.36.